The van der Waals surface area contributed by atoms with Crippen LogP contribution in [0.5, 0.6) is 0 Å². The van der Waals surface area contributed by atoms with Crippen LogP contribution in [0.15, 0.2) is 41.0 Å². The van der Waals surface area contributed by atoms with Crippen LogP contribution in [-0.2, 0) is 6.54 Å². The van der Waals surface area contributed by atoms with Gasteiger partial charge in [0.05, 0.1) is 11.9 Å². The molecule has 2 nitrogen and oxygen atoms in total. The first kappa shape index (κ1) is 14.1. The van der Waals surface area contributed by atoms with Crippen molar-refractivity contribution in [3.63, 3.8) is 0 Å². The van der Waals surface area contributed by atoms with Crippen LogP contribution >= 0.6 is 15.9 Å². The van der Waals surface area contributed by atoms with E-state index >= 15 is 0 Å². The van der Waals surface area contributed by atoms with Crippen molar-refractivity contribution in [2.75, 3.05) is 0 Å². The van der Waals surface area contributed by atoms with E-state index in [2.05, 4.69) is 26.2 Å². The van der Waals surface area contributed by atoms with Gasteiger partial charge in [-0.1, -0.05) is 15.9 Å². The molecule has 5 heteroatoms. The summed E-state index contributed by atoms with van der Waals surface area (Å²) < 4.78 is 27.1. The van der Waals surface area contributed by atoms with E-state index in [4.69, 9.17) is 0 Å². The minimum Gasteiger partial charge on any atom is -0.305 e. The molecular weight excluding hydrogens is 314 g/mol. The predicted octanol–water partition coefficient (Wildman–Crippen LogP) is 3.97. The fourth-order valence-corrected chi connectivity index (χ4v) is 2.10. The summed E-state index contributed by atoms with van der Waals surface area (Å²) in [6.45, 7) is 2.28. The van der Waals surface area contributed by atoms with Crippen LogP contribution in [0.25, 0.3) is 0 Å². The van der Waals surface area contributed by atoms with Gasteiger partial charge in [-0.15, -0.1) is 0 Å². The summed E-state index contributed by atoms with van der Waals surface area (Å²) in [6.07, 6.45) is 1.17. The summed E-state index contributed by atoms with van der Waals surface area (Å²) in [5.41, 5.74) is 1.29. The predicted molar refractivity (Wildman–Crippen MR) is 73.5 cm³/mol. The molecule has 0 spiro atoms. The van der Waals surface area contributed by atoms with Crippen LogP contribution in [0.1, 0.15) is 24.2 Å². The molecule has 0 saturated carbocycles. The molecule has 2 rings (SSSR count). The van der Waals surface area contributed by atoms with Crippen molar-refractivity contribution in [1.82, 2.24) is 10.3 Å². The van der Waals surface area contributed by atoms with Crippen molar-refractivity contribution in [3.8, 4) is 0 Å². The number of halogens is 3. The highest BCUT2D eigenvalue weighted by atomic mass is 79.9. The van der Waals surface area contributed by atoms with E-state index in [0.29, 0.717) is 12.1 Å². The fourth-order valence-electron chi connectivity index (χ4n) is 1.69. The second-order valence-electron chi connectivity index (χ2n) is 4.24. The van der Waals surface area contributed by atoms with Gasteiger partial charge in [0.15, 0.2) is 0 Å². The second kappa shape index (κ2) is 6.21. The lowest BCUT2D eigenvalue weighted by Gasteiger charge is -2.13. The molecule has 1 aromatic carbocycles. The Morgan fingerprint density at radius 2 is 2.05 bits per heavy atom. The molecule has 0 aliphatic heterocycles. The molecule has 0 aliphatic rings. The lowest BCUT2D eigenvalue weighted by molar-refractivity contribution is 0.532. The van der Waals surface area contributed by atoms with Gasteiger partial charge in [0.1, 0.15) is 11.6 Å². The highest BCUT2D eigenvalue weighted by Crippen LogP contribution is 2.17. The van der Waals surface area contributed by atoms with E-state index in [1.54, 1.807) is 18.2 Å². The molecule has 0 fully saturated rings. The molecule has 2 aromatic rings. The van der Waals surface area contributed by atoms with Crippen LogP contribution in [0.3, 0.4) is 0 Å². The Morgan fingerprint density at radius 1 is 1.26 bits per heavy atom. The van der Waals surface area contributed by atoms with Gasteiger partial charge in [0.2, 0.25) is 0 Å². The van der Waals surface area contributed by atoms with Crippen molar-refractivity contribution >= 4 is 15.9 Å². The fraction of sp³-hybridized carbons (Fsp3) is 0.214. The number of hydrogen-bond donors (Lipinski definition) is 1. The molecule has 1 unspecified atom stereocenters. The van der Waals surface area contributed by atoms with E-state index in [1.807, 2.05) is 6.92 Å². The zero-order valence-corrected chi connectivity index (χ0v) is 11.9. The number of rotatable bonds is 4. The van der Waals surface area contributed by atoms with Crippen molar-refractivity contribution in [3.05, 3.63) is 63.9 Å². The van der Waals surface area contributed by atoms with Crippen LogP contribution in [0.2, 0.25) is 0 Å². The molecule has 1 N–H and O–H groups in total. The van der Waals surface area contributed by atoms with Gasteiger partial charge < -0.3 is 5.32 Å². The van der Waals surface area contributed by atoms with Crippen molar-refractivity contribution in [2.45, 2.75) is 19.5 Å². The number of hydrogen-bond acceptors (Lipinski definition) is 2. The Hall–Kier alpha value is -1.33. The first-order chi connectivity index (χ1) is 9.06. The van der Waals surface area contributed by atoms with Gasteiger partial charge >= 0.3 is 0 Å². The van der Waals surface area contributed by atoms with Crippen LogP contribution < -0.4 is 5.32 Å². The van der Waals surface area contributed by atoms with Crippen LogP contribution in [0, 0.1) is 11.6 Å². The summed E-state index contributed by atoms with van der Waals surface area (Å²) in [5, 5.41) is 3.16. The van der Waals surface area contributed by atoms with Gasteiger partial charge in [-0.2, -0.15) is 0 Å². The average molecular weight is 327 g/mol. The molecular formula is C14H13BrF2N2. The molecule has 1 atom stereocenters. The van der Waals surface area contributed by atoms with Gasteiger partial charge in [-0.3, -0.25) is 4.98 Å². The van der Waals surface area contributed by atoms with E-state index < -0.39 is 0 Å². The van der Waals surface area contributed by atoms with E-state index in [-0.39, 0.29) is 17.7 Å². The zero-order chi connectivity index (χ0) is 13.8. The highest BCUT2D eigenvalue weighted by Gasteiger charge is 2.08. The second-order valence-corrected chi connectivity index (χ2v) is 5.16. The molecule has 0 saturated heterocycles. The Bertz CT molecular complexity index is 558. The summed E-state index contributed by atoms with van der Waals surface area (Å²) in [6, 6.07) is 7.70. The van der Waals surface area contributed by atoms with Crippen molar-refractivity contribution < 1.29 is 8.78 Å². The Labute approximate surface area is 119 Å². The maximum absolute atomic E-state index is 13.5. The molecule has 0 amide bonds. The Morgan fingerprint density at radius 3 is 2.74 bits per heavy atom. The third-order valence-electron chi connectivity index (χ3n) is 2.80. The first-order valence-corrected chi connectivity index (χ1v) is 6.64. The lowest BCUT2D eigenvalue weighted by atomic mass is 10.1. The maximum atomic E-state index is 13.5. The Kier molecular flexibility index (Phi) is 4.61. The summed E-state index contributed by atoms with van der Waals surface area (Å²) in [5.74, 6) is -0.621. The van der Waals surface area contributed by atoms with E-state index in [0.717, 1.165) is 10.2 Å². The van der Waals surface area contributed by atoms with Crippen LogP contribution in [0.4, 0.5) is 8.78 Å². The molecule has 1 heterocycles. The van der Waals surface area contributed by atoms with Gasteiger partial charge in [-0.25, -0.2) is 8.78 Å². The summed E-state index contributed by atoms with van der Waals surface area (Å²) in [7, 11) is 0. The average Bonchev–Trinajstić information content (AvgIpc) is 2.40. The molecule has 0 radical (unpaired) electrons. The van der Waals surface area contributed by atoms with E-state index in [1.165, 1.54) is 18.3 Å². The van der Waals surface area contributed by atoms with Gasteiger partial charge in [0, 0.05) is 22.6 Å². The standard InChI is InChI=1S/C14H13BrF2N2/c1-9(14-5-3-12(16)8-19-14)18-7-10-6-11(15)2-4-13(10)17/h2-6,8-9,18H,7H2,1H3. The highest BCUT2D eigenvalue weighted by molar-refractivity contribution is 9.10. The number of nitrogens with one attached hydrogen (secondary N) is 1. The molecule has 1 aromatic heterocycles. The minimum absolute atomic E-state index is 0.0843. The third-order valence-corrected chi connectivity index (χ3v) is 3.29. The Balaban J connectivity index is 2.02. The number of pyridine rings is 1. The smallest absolute Gasteiger partial charge is 0.141 e. The third kappa shape index (κ3) is 3.81. The van der Waals surface area contributed by atoms with Gasteiger partial charge in [0.25, 0.3) is 0 Å². The topological polar surface area (TPSA) is 24.9 Å². The quantitative estimate of drug-likeness (QED) is 0.919. The summed E-state index contributed by atoms with van der Waals surface area (Å²) >= 11 is 3.31. The van der Waals surface area contributed by atoms with E-state index in [9.17, 15) is 8.78 Å². The summed E-state index contributed by atoms with van der Waals surface area (Å²) in [4.78, 5) is 3.99. The molecule has 100 valence electrons. The zero-order valence-electron chi connectivity index (χ0n) is 10.3. The monoisotopic (exact) mass is 326 g/mol. The normalized spacial score (nSPS) is 12.4. The molecule has 0 aliphatic carbocycles. The van der Waals surface area contributed by atoms with Crippen LogP contribution in [-0.4, -0.2) is 4.98 Å². The lowest BCUT2D eigenvalue weighted by Crippen LogP contribution is -2.19. The first-order valence-electron chi connectivity index (χ1n) is 5.85. The minimum atomic E-state index is -0.367. The maximum Gasteiger partial charge on any atom is 0.141 e. The molecule has 19 heavy (non-hydrogen) atoms. The SMILES string of the molecule is CC(NCc1cc(Br)ccc1F)c1ccc(F)cn1. The van der Waals surface area contributed by atoms with Gasteiger partial charge in [-0.05, 0) is 37.3 Å². The van der Waals surface area contributed by atoms with Crippen molar-refractivity contribution in [2.24, 2.45) is 0 Å². The number of nitrogens with zero attached hydrogens (tertiary/aromatic N) is 1. The number of aromatic nitrogens is 1. The largest absolute Gasteiger partial charge is 0.305 e. The number of benzene rings is 1. The molecule has 0 bridgehead atoms. The van der Waals surface area contributed by atoms with Crippen molar-refractivity contribution in [1.29, 1.82) is 0 Å².